The van der Waals surface area contributed by atoms with Crippen LogP contribution in [0.25, 0.3) is 33.4 Å². The fourth-order valence-corrected chi connectivity index (χ4v) is 3.44. The molecule has 146 valence electrons. The number of nitro benzene ring substituents is 2. The van der Waals surface area contributed by atoms with E-state index >= 15 is 0 Å². The van der Waals surface area contributed by atoms with Gasteiger partial charge < -0.3 is 0 Å². The third-order valence-corrected chi connectivity index (χ3v) is 4.89. The molecule has 0 radical (unpaired) electrons. The van der Waals surface area contributed by atoms with Crippen molar-refractivity contribution in [1.29, 1.82) is 0 Å². The van der Waals surface area contributed by atoms with E-state index in [1.807, 2.05) is 60.7 Å². The Morgan fingerprint density at radius 1 is 0.467 bits per heavy atom. The maximum absolute atomic E-state index is 11.8. The summed E-state index contributed by atoms with van der Waals surface area (Å²) in [7, 11) is 0. The molecule has 0 aliphatic rings. The highest BCUT2D eigenvalue weighted by molar-refractivity contribution is 5.85. The fourth-order valence-electron chi connectivity index (χ4n) is 3.44. The molecule has 0 atom stereocenters. The Balaban J connectivity index is 1.87. The number of nitro groups is 2. The van der Waals surface area contributed by atoms with Crippen molar-refractivity contribution in [3.05, 3.63) is 117 Å². The van der Waals surface area contributed by atoms with Crippen LogP contribution < -0.4 is 0 Å². The smallest absolute Gasteiger partial charge is 0.258 e. The van der Waals surface area contributed by atoms with Crippen LogP contribution in [0.5, 0.6) is 0 Å². The first-order valence-electron chi connectivity index (χ1n) is 9.22. The van der Waals surface area contributed by atoms with Gasteiger partial charge in [-0.1, -0.05) is 72.8 Å². The van der Waals surface area contributed by atoms with Crippen molar-refractivity contribution in [1.82, 2.24) is 0 Å². The Kier molecular flexibility index (Phi) is 5.05. The van der Waals surface area contributed by atoms with Crippen LogP contribution >= 0.6 is 0 Å². The summed E-state index contributed by atoms with van der Waals surface area (Å²) in [6.45, 7) is 0. The lowest BCUT2D eigenvalue weighted by Crippen LogP contribution is -1.97. The van der Waals surface area contributed by atoms with Gasteiger partial charge in [0.1, 0.15) is 0 Å². The first-order valence-corrected chi connectivity index (χ1v) is 9.22. The van der Waals surface area contributed by atoms with E-state index in [1.54, 1.807) is 24.3 Å². The summed E-state index contributed by atoms with van der Waals surface area (Å²) in [4.78, 5) is 22.6. The third-order valence-electron chi connectivity index (χ3n) is 4.89. The lowest BCUT2D eigenvalue weighted by molar-refractivity contribution is -0.386. The van der Waals surface area contributed by atoms with Crippen LogP contribution in [0.2, 0.25) is 0 Å². The van der Waals surface area contributed by atoms with Crippen LogP contribution in [0.15, 0.2) is 97.1 Å². The number of nitrogens with zero attached hydrogens (tertiary/aromatic N) is 2. The highest BCUT2D eigenvalue weighted by Crippen LogP contribution is 2.40. The van der Waals surface area contributed by atoms with Gasteiger partial charge in [-0.25, -0.2) is 0 Å². The summed E-state index contributed by atoms with van der Waals surface area (Å²) in [5.41, 5.74) is 3.10. The van der Waals surface area contributed by atoms with Crippen LogP contribution in [0.3, 0.4) is 0 Å². The molecule has 0 amide bonds. The molecular weight excluding hydrogens is 380 g/mol. The molecule has 6 heteroatoms. The maximum Gasteiger partial charge on any atom is 0.278 e. The van der Waals surface area contributed by atoms with Gasteiger partial charge in [0.15, 0.2) is 0 Å². The van der Waals surface area contributed by atoms with E-state index in [9.17, 15) is 20.2 Å². The van der Waals surface area contributed by atoms with Crippen molar-refractivity contribution in [2.24, 2.45) is 0 Å². The second-order valence-corrected chi connectivity index (χ2v) is 6.71. The molecule has 0 fully saturated rings. The molecule has 0 spiro atoms. The van der Waals surface area contributed by atoms with Gasteiger partial charge in [-0.2, -0.15) is 0 Å². The summed E-state index contributed by atoms with van der Waals surface area (Å²) in [6, 6.07) is 28.1. The molecule has 0 aromatic heterocycles. The largest absolute Gasteiger partial charge is 0.278 e. The standard InChI is InChI=1S/C24H16N2O4/c27-25(28)23-15-19(17-7-3-1-4-8-17)11-13-21(23)22-14-12-20(16-24(22)26(29)30)18-9-5-2-6-10-18/h1-16H. The van der Waals surface area contributed by atoms with E-state index in [0.29, 0.717) is 11.1 Å². The Morgan fingerprint density at radius 3 is 1.17 bits per heavy atom. The van der Waals surface area contributed by atoms with E-state index in [4.69, 9.17) is 0 Å². The van der Waals surface area contributed by atoms with E-state index < -0.39 is 9.85 Å². The molecule has 4 rings (SSSR count). The average Bonchev–Trinajstić information content (AvgIpc) is 2.79. The van der Waals surface area contributed by atoms with Gasteiger partial charge in [0.25, 0.3) is 11.4 Å². The van der Waals surface area contributed by atoms with Gasteiger partial charge in [-0.15, -0.1) is 0 Å². The molecule has 0 aliphatic heterocycles. The minimum atomic E-state index is -0.503. The van der Waals surface area contributed by atoms with Crippen molar-refractivity contribution < 1.29 is 9.85 Å². The zero-order chi connectivity index (χ0) is 21.1. The molecule has 0 unspecified atom stereocenters. The molecule has 0 heterocycles. The lowest BCUT2D eigenvalue weighted by Gasteiger charge is -2.09. The molecule has 0 saturated carbocycles. The van der Waals surface area contributed by atoms with Crippen LogP contribution in [-0.4, -0.2) is 9.85 Å². The van der Waals surface area contributed by atoms with Crippen molar-refractivity contribution in [3.8, 4) is 33.4 Å². The van der Waals surface area contributed by atoms with Gasteiger partial charge in [0.2, 0.25) is 0 Å². The van der Waals surface area contributed by atoms with E-state index in [0.717, 1.165) is 11.1 Å². The van der Waals surface area contributed by atoms with Crippen molar-refractivity contribution >= 4 is 11.4 Å². The molecule has 4 aromatic rings. The zero-order valence-corrected chi connectivity index (χ0v) is 15.8. The fraction of sp³-hybridized carbons (Fsp3) is 0. The van der Waals surface area contributed by atoms with Crippen LogP contribution in [0.4, 0.5) is 11.4 Å². The van der Waals surface area contributed by atoms with Gasteiger partial charge in [0, 0.05) is 12.1 Å². The van der Waals surface area contributed by atoms with Gasteiger partial charge in [0.05, 0.1) is 21.0 Å². The lowest BCUT2D eigenvalue weighted by atomic mass is 9.95. The number of rotatable bonds is 5. The minimum absolute atomic E-state index is 0.174. The molecular formula is C24H16N2O4. The monoisotopic (exact) mass is 396 g/mol. The van der Waals surface area contributed by atoms with Gasteiger partial charge >= 0.3 is 0 Å². The Labute approximate surface area is 172 Å². The Hall–Kier alpha value is -4.32. The summed E-state index contributed by atoms with van der Waals surface area (Å²) in [5.74, 6) is 0. The maximum atomic E-state index is 11.8. The van der Waals surface area contributed by atoms with E-state index in [2.05, 4.69) is 0 Å². The van der Waals surface area contributed by atoms with Crippen LogP contribution in [0, 0.1) is 20.2 Å². The SMILES string of the molecule is O=[N+]([O-])c1cc(-c2ccccc2)ccc1-c1ccc(-c2ccccc2)cc1[N+](=O)[O-]. The first kappa shape index (κ1) is 19.0. The zero-order valence-electron chi connectivity index (χ0n) is 15.8. The third kappa shape index (κ3) is 3.66. The van der Waals surface area contributed by atoms with Crippen molar-refractivity contribution in [2.75, 3.05) is 0 Å². The molecule has 0 bridgehead atoms. The number of hydrogen-bond acceptors (Lipinski definition) is 4. The molecule has 4 aromatic carbocycles. The topological polar surface area (TPSA) is 86.3 Å². The normalized spacial score (nSPS) is 10.5. The van der Waals surface area contributed by atoms with E-state index in [1.165, 1.54) is 12.1 Å². The second-order valence-electron chi connectivity index (χ2n) is 6.71. The second kappa shape index (κ2) is 7.97. The van der Waals surface area contributed by atoms with E-state index in [-0.39, 0.29) is 22.5 Å². The molecule has 30 heavy (non-hydrogen) atoms. The number of benzene rings is 4. The predicted octanol–water partition coefficient (Wildman–Crippen LogP) is 6.50. The molecule has 0 saturated heterocycles. The first-order chi connectivity index (χ1) is 14.5. The molecule has 6 nitrogen and oxygen atoms in total. The highest BCUT2D eigenvalue weighted by atomic mass is 16.6. The van der Waals surface area contributed by atoms with Gasteiger partial charge in [-0.3, -0.25) is 20.2 Å². The Morgan fingerprint density at radius 2 is 0.833 bits per heavy atom. The summed E-state index contributed by atoms with van der Waals surface area (Å²) in [5, 5.41) is 23.6. The van der Waals surface area contributed by atoms with Crippen molar-refractivity contribution in [2.45, 2.75) is 0 Å². The predicted molar refractivity (Wildman–Crippen MR) is 116 cm³/mol. The summed E-state index contributed by atoms with van der Waals surface area (Å²) < 4.78 is 0. The summed E-state index contributed by atoms with van der Waals surface area (Å²) in [6.07, 6.45) is 0. The van der Waals surface area contributed by atoms with Crippen LogP contribution in [0.1, 0.15) is 0 Å². The highest BCUT2D eigenvalue weighted by Gasteiger charge is 2.24. The quantitative estimate of drug-likeness (QED) is 0.284. The molecule has 0 N–H and O–H groups in total. The average molecular weight is 396 g/mol. The summed E-state index contributed by atoms with van der Waals surface area (Å²) >= 11 is 0. The van der Waals surface area contributed by atoms with Crippen LogP contribution in [-0.2, 0) is 0 Å². The molecule has 0 aliphatic carbocycles. The Bertz CT molecular complexity index is 1140. The minimum Gasteiger partial charge on any atom is -0.258 e. The number of hydrogen-bond donors (Lipinski definition) is 0. The van der Waals surface area contributed by atoms with Crippen molar-refractivity contribution in [3.63, 3.8) is 0 Å². The van der Waals surface area contributed by atoms with Gasteiger partial charge in [-0.05, 0) is 34.4 Å².